The maximum absolute atomic E-state index is 9.76. The van der Waals surface area contributed by atoms with Crippen LogP contribution in [0.3, 0.4) is 0 Å². The van der Waals surface area contributed by atoms with Crippen LogP contribution in [-0.4, -0.2) is 19.3 Å². The fourth-order valence-corrected chi connectivity index (χ4v) is 1.74. The molecule has 0 fully saturated rings. The Labute approximate surface area is 99.9 Å². The van der Waals surface area contributed by atoms with E-state index in [1.807, 2.05) is 0 Å². The second-order valence-corrected chi connectivity index (χ2v) is 3.51. The minimum Gasteiger partial charge on any atom is -0.493 e. The first-order valence-electron chi connectivity index (χ1n) is 4.67. The Morgan fingerprint density at radius 1 is 1.44 bits per heavy atom. The van der Waals surface area contributed by atoms with Crippen LogP contribution in [-0.2, 0) is 0 Å². The molecule has 0 radical (unpaired) electrons. The summed E-state index contributed by atoms with van der Waals surface area (Å²) in [6.45, 7) is 0. The van der Waals surface area contributed by atoms with Crippen molar-refractivity contribution in [3.8, 4) is 23.8 Å². The van der Waals surface area contributed by atoms with Crippen molar-refractivity contribution >= 4 is 11.6 Å². The van der Waals surface area contributed by atoms with Crippen molar-refractivity contribution in [2.45, 2.75) is 12.5 Å². The summed E-state index contributed by atoms with van der Waals surface area (Å²) in [5.41, 5.74) is 0.539. The van der Waals surface area contributed by atoms with Gasteiger partial charge in [0.05, 0.1) is 25.3 Å². The van der Waals surface area contributed by atoms with Crippen LogP contribution < -0.4 is 9.47 Å². The molecule has 3 nitrogen and oxygen atoms in total. The number of aliphatic hydroxyl groups excluding tert-OH is 1. The van der Waals surface area contributed by atoms with E-state index in [2.05, 4.69) is 5.92 Å². The number of rotatable bonds is 4. The van der Waals surface area contributed by atoms with E-state index in [1.54, 1.807) is 12.1 Å². The lowest BCUT2D eigenvalue weighted by Crippen LogP contribution is -2.00. The smallest absolute Gasteiger partial charge is 0.179 e. The van der Waals surface area contributed by atoms with E-state index in [0.29, 0.717) is 22.1 Å². The Balaban J connectivity index is 3.19. The van der Waals surface area contributed by atoms with Gasteiger partial charge in [-0.15, -0.1) is 12.3 Å². The Hall–Kier alpha value is -1.37. The van der Waals surface area contributed by atoms with Gasteiger partial charge in [-0.25, -0.2) is 0 Å². The molecule has 0 amide bonds. The van der Waals surface area contributed by atoms with Gasteiger partial charge in [0.15, 0.2) is 11.5 Å². The number of hydrogen-bond acceptors (Lipinski definition) is 3. The first-order valence-corrected chi connectivity index (χ1v) is 5.05. The summed E-state index contributed by atoms with van der Waals surface area (Å²) in [6.07, 6.45) is 4.54. The molecule has 0 heterocycles. The van der Waals surface area contributed by atoms with E-state index in [4.69, 9.17) is 27.5 Å². The molecule has 1 atom stereocenters. The third kappa shape index (κ3) is 2.41. The van der Waals surface area contributed by atoms with Gasteiger partial charge in [-0.3, -0.25) is 0 Å². The van der Waals surface area contributed by atoms with E-state index in [0.717, 1.165) is 0 Å². The second kappa shape index (κ2) is 5.64. The monoisotopic (exact) mass is 240 g/mol. The Bertz CT molecular complexity index is 409. The molecular weight excluding hydrogens is 228 g/mol. The van der Waals surface area contributed by atoms with Crippen molar-refractivity contribution in [2.24, 2.45) is 0 Å². The van der Waals surface area contributed by atoms with Gasteiger partial charge < -0.3 is 14.6 Å². The van der Waals surface area contributed by atoms with Crippen LogP contribution in [0.1, 0.15) is 18.1 Å². The number of ether oxygens (including phenoxy) is 2. The molecule has 1 aromatic carbocycles. The van der Waals surface area contributed by atoms with Crippen molar-refractivity contribution < 1.29 is 14.6 Å². The van der Waals surface area contributed by atoms with E-state index >= 15 is 0 Å². The SMILES string of the molecule is C#CCC(O)c1ccc(OC)c(OC)c1Cl. The summed E-state index contributed by atoms with van der Waals surface area (Å²) >= 11 is 6.09. The maximum atomic E-state index is 9.76. The molecule has 1 aromatic rings. The highest BCUT2D eigenvalue weighted by molar-refractivity contribution is 6.33. The standard InChI is InChI=1S/C12H13ClO3/c1-4-5-9(14)8-6-7-10(15-2)12(16-3)11(8)13/h1,6-7,9,14H,5H2,2-3H3. The topological polar surface area (TPSA) is 38.7 Å². The lowest BCUT2D eigenvalue weighted by molar-refractivity contribution is 0.183. The molecule has 1 N–H and O–H groups in total. The molecule has 0 bridgehead atoms. The number of hydrogen-bond donors (Lipinski definition) is 1. The first kappa shape index (κ1) is 12.7. The summed E-state index contributed by atoms with van der Waals surface area (Å²) in [6, 6.07) is 3.35. The van der Waals surface area contributed by atoms with E-state index in [-0.39, 0.29) is 6.42 Å². The van der Waals surface area contributed by atoms with Crippen molar-refractivity contribution in [1.29, 1.82) is 0 Å². The van der Waals surface area contributed by atoms with Gasteiger partial charge in [0.2, 0.25) is 0 Å². The predicted molar refractivity (Wildman–Crippen MR) is 63.0 cm³/mol. The van der Waals surface area contributed by atoms with E-state index in [1.165, 1.54) is 14.2 Å². The molecule has 16 heavy (non-hydrogen) atoms. The molecule has 1 rings (SSSR count). The number of aliphatic hydroxyl groups is 1. The van der Waals surface area contributed by atoms with Gasteiger partial charge in [-0.05, 0) is 6.07 Å². The zero-order chi connectivity index (χ0) is 12.1. The Morgan fingerprint density at radius 2 is 2.12 bits per heavy atom. The van der Waals surface area contributed by atoms with Crippen LogP contribution in [0.15, 0.2) is 12.1 Å². The first-order chi connectivity index (χ1) is 7.65. The third-order valence-electron chi connectivity index (χ3n) is 2.19. The molecule has 0 aromatic heterocycles. The average Bonchev–Trinajstić information content (AvgIpc) is 2.28. The molecule has 0 aliphatic heterocycles. The normalized spacial score (nSPS) is 11.7. The van der Waals surface area contributed by atoms with Gasteiger partial charge in [-0.1, -0.05) is 17.7 Å². The summed E-state index contributed by atoms with van der Waals surface area (Å²) in [7, 11) is 3.01. The second-order valence-electron chi connectivity index (χ2n) is 3.13. The number of halogens is 1. The largest absolute Gasteiger partial charge is 0.493 e. The fourth-order valence-electron chi connectivity index (χ4n) is 1.38. The zero-order valence-electron chi connectivity index (χ0n) is 9.16. The van der Waals surface area contributed by atoms with Crippen LogP contribution in [0.5, 0.6) is 11.5 Å². The molecule has 1 unspecified atom stereocenters. The zero-order valence-corrected chi connectivity index (χ0v) is 9.91. The summed E-state index contributed by atoms with van der Waals surface area (Å²) in [5, 5.41) is 10.1. The lowest BCUT2D eigenvalue weighted by atomic mass is 10.1. The van der Waals surface area contributed by atoms with Crippen LogP contribution in [0.25, 0.3) is 0 Å². The summed E-state index contributed by atoms with van der Waals surface area (Å²) in [5.74, 6) is 3.30. The number of benzene rings is 1. The molecule has 0 aliphatic carbocycles. The maximum Gasteiger partial charge on any atom is 0.179 e. The van der Waals surface area contributed by atoms with Crippen molar-refractivity contribution in [3.05, 3.63) is 22.7 Å². The molecule has 0 aliphatic rings. The van der Waals surface area contributed by atoms with Gasteiger partial charge >= 0.3 is 0 Å². The quantitative estimate of drug-likeness (QED) is 0.822. The Kier molecular flexibility index (Phi) is 4.48. The third-order valence-corrected chi connectivity index (χ3v) is 2.57. The summed E-state index contributed by atoms with van der Waals surface area (Å²) in [4.78, 5) is 0. The minimum absolute atomic E-state index is 0.204. The molecule has 0 spiro atoms. The molecule has 0 saturated carbocycles. The highest BCUT2D eigenvalue weighted by Crippen LogP contribution is 2.39. The highest BCUT2D eigenvalue weighted by atomic mass is 35.5. The van der Waals surface area contributed by atoms with Crippen molar-refractivity contribution in [3.63, 3.8) is 0 Å². The van der Waals surface area contributed by atoms with Gasteiger partial charge in [0.1, 0.15) is 0 Å². The Morgan fingerprint density at radius 3 is 2.62 bits per heavy atom. The highest BCUT2D eigenvalue weighted by Gasteiger charge is 2.17. The van der Waals surface area contributed by atoms with E-state index < -0.39 is 6.10 Å². The van der Waals surface area contributed by atoms with Gasteiger partial charge in [-0.2, -0.15) is 0 Å². The van der Waals surface area contributed by atoms with Crippen LogP contribution >= 0.6 is 11.6 Å². The summed E-state index contributed by atoms with van der Waals surface area (Å²) < 4.78 is 10.2. The lowest BCUT2D eigenvalue weighted by Gasteiger charge is -2.15. The van der Waals surface area contributed by atoms with Gasteiger partial charge in [0.25, 0.3) is 0 Å². The number of methoxy groups -OCH3 is 2. The molecule has 4 heteroatoms. The van der Waals surface area contributed by atoms with E-state index in [9.17, 15) is 5.11 Å². The molecule has 86 valence electrons. The predicted octanol–water partition coefficient (Wildman–Crippen LogP) is 2.41. The van der Waals surface area contributed by atoms with Crippen LogP contribution in [0.2, 0.25) is 5.02 Å². The molecule has 0 saturated heterocycles. The van der Waals surface area contributed by atoms with Crippen LogP contribution in [0.4, 0.5) is 0 Å². The fraction of sp³-hybridized carbons (Fsp3) is 0.333. The average molecular weight is 241 g/mol. The van der Waals surface area contributed by atoms with Crippen molar-refractivity contribution in [2.75, 3.05) is 14.2 Å². The molecular formula is C12H13ClO3. The van der Waals surface area contributed by atoms with Gasteiger partial charge in [0, 0.05) is 12.0 Å². The number of terminal acetylenes is 1. The van der Waals surface area contributed by atoms with Crippen LogP contribution in [0, 0.1) is 12.3 Å². The van der Waals surface area contributed by atoms with Crippen molar-refractivity contribution in [1.82, 2.24) is 0 Å². The minimum atomic E-state index is -0.794.